The first-order chi connectivity index (χ1) is 12.7. The summed E-state index contributed by atoms with van der Waals surface area (Å²) >= 11 is 0. The molecule has 1 spiro atoms. The lowest BCUT2D eigenvalue weighted by Crippen LogP contribution is -2.52. The molecule has 0 bridgehead atoms. The normalized spacial score (nSPS) is 25.7. The Balaban J connectivity index is 1.37. The van der Waals surface area contributed by atoms with Gasteiger partial charge in [0.1, 0.15) is 0 Å². The number of carbonyl (C=O) groups excluding carboxylic acids is 2. The topological polar surface area (TPSA) is 49.9 Å². The third-order valence-corrected chi connectivity index (χ3v) is 6.38. The number of benzene rings is 1. The van der Waals surface area contributed by atoms with Crippen LogP contribution in [0.5, 0.6) is 0 Å². The van der Waals surface area contributed by atoms with Gasteiger partial charge < -0.3 is 14.5 Å². The van der Waals surface area contributed by atoms with Crippen LogP contribution in [0.15, 0.2) is 30.3 Å². The second kappa shape index (κ2) is 7.39. The van der Waals surface area contributed by atoms with Gasteiger partial charge in [0.15, 0.2) is 0 Å². The largest absolute Gasteiger partial charge is 0.381 e. The molecular formula is C21H28N2O3. The lowest BCUT2D eigenvalue weighted by molar-refractivity contribution is -0.144. The van der Waals surface area contributed by atoms with Crippen molar-refractivity contribution < 1.29 is 14.3 Å². The average molecular weight is 356 g/mol. The third kappa shape index (κ3) is 3.63. The molecule has 3 aliphatic rings. The summed E-state index contributed by atoms with van der Waals surface area (Å²) in [7, 11) is 0. The number of rotatable bonds is 3. The van der Waals surface area contributed by atoms with Crippen LogP contribution in [-0.4, -0.2) is 54.5 Å². The first kappa shape index (κ1) is 17.5. The Morgan fingerprint density at radius 1 is 1.15 bits per heavy atom. The number of piperidine rings is 2. The molecule has 1 aromatic rings. The molecule has 0 saturated carbocycles. The number of amides is 2. The minimum atomic E-state index is 0.0616. The fourth-order valence-corrected chi connectivity index (χ4v) is 4.65. The van der Waals surface area contributed by atoms with E-state index in [1.54, 1.807) is 0 Å². The van der Waals surface area contributed by atoms with Gasteiger partial charge in [0.25, 0.3) is 0 Å². The second-order valence-corrected chi connectivity index (χ2v) is 8.12. The Morgan fingerprint density at radius 2 is 1.92 bits per heavy atom. The molecule has 0 radical (unpaired) electrons. The van der Waals surface area contributed by atoms with Crippen molar-refractivity contribution in [3.63, 3.8) is 0 Å². The van der Waals surface area contributed by atoms with Gasteiger partial charge in [0.05, 0.1) is 12.5 Å². The van der Waals surface area contributed by atoms with Crippen molar-refractivity contribution in [1.29, 1.82) is 0 Å². The zero-order chi connectivity index (χ0) is 18.0. The Labute approximate surface area is 155 Å². The van der Waals surface area contributed by atoms with E-state index in [1.165, 1.54) is 5.56 Å². The quantitative estimate of drug-likeness (QED) is 0.836. The molecule has 1 unspecified atom stereocenters. The fraction of sp³-hybridized carbons (Fsp3) is 0.619. The highest BCUT2D eigenvalue weighted by molar-refractivity contribution is 5.79. The van der Waals surface area contributed by atoms with Crippen molar-refractivity contribution >= 4 is 11.8 Å². The molecule has 4 rings (SSSR count). The first-order valence-electron chi connectivity index (χ1n) is 9.83. The summed E-state index contributed by atoms with van der Waals surface area (Å²) in [6, 6.07) is 10.2. The van der Waals surface area contributed by atoms with Gasteiger partial charge in [0, 0.05) is 39.2 Å². The highest BCUT2D eigenvalue weighted by atomic mass is 16.5. The number of hydrogen-bond acceptors (Lipinski definition) is 3. The number of hydrogen-bond donors (Lipinski definition) is 0. The van der Waals surface area contributed by atoms with Gasteiger partial charge in [-0.15, -0.1) is 0 Å². The zero-order valence-electron chi connectivity index (χ0n) is 15.4. The van der Waals surface area contributed by atoms with Crippen LogP contribution in [0.2, 0.25) is 0 Å². The lowest BCUT2D eigenvalue weighted by atomic mass is 9.72. The standard InChI is InChI=1S/C21H28N2O3/c24-19-6-8-21(16-23(19)14-17-4-2-1-3-5-17)9-11-22(12-10-21)20(25)18-7-13-26-15-18/h1-5,18H,6-16H2. The van der Waals surface area contributed by atoms with Gasteiger partial charge in [-0.3, -0.25) is 9.59 Å². The molecule has 1 aromatic carbocycles. The Kier molecular flexibility index (Phi) is 4.98. The van der Waals surface area contributed by atoms with E-state index in [0.717, 1.165) is 45.3 Å². The molecule has 26 heavy (non-hydrogen) atoms. The highest BCUT2D eigenvalue weighted by Gasteiger charge is 2.42. The monoisotopic (exact) mass is 356 g/mol. The molecule has 0 N–H and O–H groups in total. The van der Waals surface area contributed by atoms with E-state index in [4.69, 9.17) is 4.74 Å². The van der Waals surface area contributed by atoms with Crippen molar-refractivity contribution in [1.82, 2.24) is 9.80 Å². The summed E-state index contributed by atoms with van der Waals surface area (Å²) in [4.78, 5) is 29.1. The van der Waals surface area contributed by atoms with Crippen LogP contribution >= 0.6 is 0 Å². The van der Waals surface area contributed by atoms with Crippen molar-refractivity contribution in [2.24, 2.45) is 11.3 Å². The summed E-state index contributed by atoms with van der Waals surface area (Å²) < 4.78 is 5.37. The Hall–Kier alpha value is -1.88. The number of ether oxygens (including phenoxy) is 1. The van der Waals surface area contributed by atoms with E-state index >= 15 is 0 Å². The number of likely N-dealkylation sites (tertiary alicyclic amines) is 2. The summed E-state index contributed by atoms with van der Waals surface area (Å²) in [6.45, 7) is 4.47. The molecule has 3 fully saturated rings. The summed E-state index contributed by atoms with van der Waals surface area (Å²) in [5.41, 5.74) is 1.37. The molecule has 3 heterocycles. The predicted octanol–water partition coefficient (Wildman–Crippen LogP) is 2.45. The molecule has 0 aliphatic carbocycles. The van der Waals surface area contributed by atoms with Crippen LogP contribution in [0.4, 0.5) is 0 Å². The Bertz CT molecular complexity index is 646. The van der Waals surface area contributed by atoms with Crippen molar-refractivity contribution in [2.45, 2.75) is 38.6 Å². The predicted molar refractivity (Wildman–Crippen MR) is 98.3 cm³/mol. The van der Waals surface area contributed by atoms with Crippen molar-refractivity contribution in [3.8, 4) is 0 Å². The molecule has 140 valence electrons. The molecular weight excluding hydrogens is 328 g/mol. The summed E-state index contributed by atoms with van der Waals surface area (Å²) in [5.74, 6) is 0.595. The van der Waals surface area contributed by atoms with Gasteiger partial charge in [0.2, 0.25) is 11.8 Å². The summed E-state index contributed by atoms with van der Waals surface area (Å²) in [6.07, 6.45) is 4.47. The minimum absolute atomic E-state index is 0.0616. The van der Waals surface area contributed by atoms with Gasteiger partial charge in [-0.05, 0) is 36.7 Å². The van der Waals surface area contributed by atoms with Crippen LogP contribution < -0.4 is 0 Å². The van der Waals surface area contributed by atoms with Crippen LogP contribution in [0, 0.1) is 11.3 Å². The summed E-state index contributed by atoms with van der Waals surface area (Å²) in [5, 5.41) is 0. The maximum atomic E-state index is 12.6. The number of carbonyl (C=O) groups is 2. The molecule has 1 atom stereocenters. The first-order valence-corrected chi connectivity index (χ1v) is 9.83. The molecule has 5 heteroatoms. The highest BCUT2D eigenvalue weighted by Crippen LogP contribution is 2.41. The van der Waals surface area contributed by atoms with Crippen molar-refractivity contribution in [3.05, 3.63) is 35.9 Å². The average Bonchev–Trinajstić information content (AvgIpc) is 3.21. The van der Waals surface area contributed by atoms with Crippen LogP contribution in [-0.2, 0) is 20.9 Å². The lowest BCUT2D eigenvalue weighted by Gasteiger charge is -2.47. The van der Waals surface area contributed by atoms with Gasteiger partial charge in [-0.2, -0.15) is 0 Å². The van der Waals surface area contributed by atoms with E-state index in [0.29, 0.717) is 26.2 Å². The molecule has 2 amide bonds. The molecule has 5 nitrogen and oxygen atoms in total. The van der Waals surface area contributed by atoms with Crippen molar-refractivity contribution in [2.75, 3.05) is 32.8 Å². The molecule has 3 saturated heterocycles. The van der Waals surface area contributed by atoms with E-state index in [-0.39, 0.29) is 23.1 Å². The van der Waals surface area contributed by atoms with E-state index in [2.05, 4.69) is 12.1 Å². The Morgan fingerprint density at radius 3 is 2.62 bits per heavy atom. The SMILES string of the molecule is O=C1CCC2(CCN(C(=O)C3CCOC3)CC2)CN1Cc1ccccc1. The maximum absolute atomic E-state index is 12.6. The second-order valence-electron chi connectivity index (χ2n) is 8.12. The van der Waals surface area contributed by atoms with E-state index in [1.807, 2.05) is 28.0 Å². The van der Waals surface area contributed by atoms with Crippen LogP contribution in [0.25, 0.3) is 0 Å². The van der Waals surface area contributed by atoms with Crippen LogP contribution in [0.3, 0.4) is 0 Å². The van der Waals surface area contributed by atoms with E-state index < -0.39 is 0 Å². The van der Waals surface area contributed by atoms with E-state index in [9.17, 15) is 9.59 Å². The number of nitrogens with zero attached hydrogens (tertiary/aromatic N) is 2. The fourth-order valence-electron chi connectivity index (χ4n) is 4.65. The van der Waals surface area contributed by atoms with Gasteiger partial charge >= 0.3 is 0 Å². The smallest absolute Gasteiger partial charge is 0.228 e. The molecule has 3 aliphatic heterocycles. The minimum Gasteiger partial charge on any atom is -0.381 e. The zero-order valence-corrected chi connectivity index (χ0v) is 15.4. The molecule has 0 aromatic heterocycles. The van der Waals surface area contributed by atoms with Gasteiger partial charge in [-0.1, -0.05) is 30.3 Å². The van der Waals surface area contributed by atoms with Gasteiger partial charge in [-0.25, -0.2) is 0 Å². The third-order valence-electron chi connectivity index (χ3n) is 6.38. The van der Waals surface area contributed by atoms with Crippen LogP contribution in [0.1, 0.15) is 37.7 Å². The maximum Gasteiger partial charge on any atom is 0.228 e.